The van der Waals surface area contributed by atoms with Gasteiger partial charge in [0, 0.05) is 40.1 Å². The van der Waals surface area contributed by atoms with Crippen LogP contribution in [0.4, 0.5) is 5.82 Å². The molecule has 3 rings (SSSR count). The molecular formula is C17H17Cl2N5O. The number of aromatic nitrogens is 4. The largest absolute Gasteiger partial charge is 0.304 e. The van der Waals surface area contributed by atoms with E-state index in [0.29, 0.717) is 34.6 Å². The first-order valence-corrected chi connectivity index (χ1v) is 8.55. The van der Waals surface area contributed by atoms with E-state index >= 15 is 0 Å². The van der Waals surface area contributed by atoms with Gasteiger partial charge in [-0.3, -0.25) is 14.2 Å². The van der Waals surface area contributed by atoms with Crippen LogP contribution in [0.15, 0.2) is 36.5 Å². The van der Waals surface area contributed by atoms with E-state index in [0.717, 1.165) is 11.3 Å². The van der Waals surface area contributed by atoms with E-state index in [-0.39, 0.29) is 5.91 Å². The fourth-order valence-electron chi connectivity index (χ4n) is 2.40. The summed E-state index contributed by atoms with van der Waals surface area (Å²) in [5.41, 5.74) is 2.02. The number of anilines is 1. The van der Waals surface area contributed by atoms with Gasteiger partial charge in [-0.2, -0.15) is 10.2 Å². The topological polar surface area (TPSA) is 64.7 Å². The molecule has 2 heterocycles. The van der Waals surface area contributed by atoms with E-state index in [2.05, 4.69) is 15.5 Å². The van der Waals surface area contributed by atoms with Crippen molar-refractivity contribution < 1.29 is 4.79 Å². The Balaban J connectivity index is 1.77. The number of amides is 1. The minimum atomic E-state index is -0.298. The van der Waals surface area contributed by atoms with Gasteiger partial charge in [-0.25, -0.2) is 0 Å². The maximum atomic E-state index is 12.3. The van der Waals surface area contributed by atoms with Gasteiger partial charge in [0.05, 0.1) is 6.54 Å². The molecule has 0 saturated carbocycles. The van der Waals surface area contributed by atoms with Gasteiger partial charge in [0.2, 0.25) is 0 Å². The SMILES string of the molecule is CCn1ccc(C(=O)Nc2cc(C)n(Cc3c(Cl)cccc3Cl)n2)n1. The number of hydrogen-bond acceptors (Lipinski definition) is 3. The summed E-state index contributed by atoms with van der Waals surface area (Å²) < 4.78 is 3.44. The number of benzene rings is 1. The van der Waals surface area contributed by atoms with Crippen molar-refractivity contribution in [3.05, 3.63) is 63.5 Å². The van der Waals surface area contributed by atoms with Crippen molar-refractivity contribution in [3.8, 4) is 0 Å². The number of hydrogen-bond donors (Lipinski definition) is 1. The lowest BCUT2D eigenvalue weighted by Crippen LogP contribution is -2.14. The fourth-order valence-corrected chi connectivity index (χ4v) is 2.92. The molecule has 8 heteroatoms. The Kier molecular flexibility index (Phi) is 5.11. The van der Waals surface area contributed by atoms with E-state index in [1.807, 2.05) is 13.8 Å². The third kappa shape index (κ3) is 3.86. The molecule has 0 saturated heterocycles. The summed E-state index contributed by atoms with van der Waals surface area (Å²) in [6, 6.07) is 8.83. The second kappa shape index (κ2) is 7.29. The van der Waals surface area contributed by atoms with Crippen molar-refractivity contribution in [2.24, 2.45) is 0 Å². The maximum Gasteiger partial charge on any atom is 0.277 e. The van der Waals surface area contributed by atoms with Crippen LogP contribution in [0.1, 0.15) is 28.7 Å². The maximum absolute atomic E-state index is 12.3. The zero-order valence-electron chi connectivity index (χ0n) is 13.8. The highest BCUT2D eigenvalue weighted by molar-refractivity contribution is 6.35. The third-order valence-electron chi connectivity index (χ3n) is 3.79. The molecule has 2 aromatic heterocycles. The second-order valence-corrected chi connectivity index (χ2v) is 6.35. The van der Waals surface area contributed by atoms with Crippen LogP contribution < -0.4 is 5.32 Å². The molecule has 130 valence electrons. The molecule has 6 nitrogen and oxygen atoms in total. The van der Waals surface area contributed by atoms with Crippen LogP contribution in [-0.4, -0.2) is 25.5 Å². The van der Waals surface area contributed by atoms with Crippen molar-refractivity contribution in [2.75, 3.05) is 5.32 Å². The zero-order chi connectivity index (χ0) is 18.0. The van der Waals surface area contributed by atoms with Crippen LogP contribution in [0.5, 0.6) is 0 Å². The Morgan fingerprint density at radius 2 is 1.92 bits per heavy atom. The highest BCUT2D eigenvalue weighted by atomic mass is 35.5. The molecular weight excluding hydrogens is 361 g/mol. The Bertz CT molecular complexity index is 895. The van der Waals surface area contributed by atoms with Gasteiger partial charge >= 0.3 is 0 Å². The molecule has 0 spiro atoms. The molecule has 0 atom stereocenters. The summed E-state index contributed by atoms with van der Waals surface area (Å²) >= 11 is 12.4. The van der Waals surface area contributed by atoms with Crippen LogP contribution in [0.2, 0.25) is 10.0 Å². The summed E-state index contributed by atoms with van der Waals surface area (Å²) in [4.78, 5) is 12.3. The number of carbonyl (C=O) groups excluding carboxylic acids is 1. The molecule has 0 aliphatic carbocycles. The van der Waals surface area contributed by atoms with Gasteiger partial charge < -0.3 is 5.32 Å². The molecule has 0 aliphatic heterocycles. The Morgan fingerprint density at radius 1 is 1.20 bits per heavy atom. The summed E-state index contributed by atoms with van der Waals surface area (Å²) in [5, 5.41) is 12.5. The number of nitrogens with zero attached hydrogens (tertiary/aromatic N) is 4. The van der Waals surface area contributed by atoms with Gasteiger partial charge in [-0.05, 0) is 32.0 Å². The molecule has 3 aromatic rings. The van der Waals surface area contributed by atoms with Crippen molar-refractivity contribution in [1.29, 1.82) is 0 Å². The molecule has 1 amide bonds. The van der Waals surface area contributed by atoms with Crippen LogP contribution in [0, 0.1) is 6.92 Å². The van der Waals surface area contributed by atoms with E-state index in [1.54, 1.807) is 45.9 Å². The molecule has 1 aromatic carbocycles. The summed E-state index contributed by atoms with van der Waals surface area (Å²) in [6.45, 7) is 4.99. The highest BCUT2D eigenvalue weighted by Gasteiger charge is 2.14. The lowest BCUT2D eigenvalue weighted by molar-refractivity contribution is 0.102. The first kappa shape index (κ1) is 17.5. The van der Waals surface area contributed by atoms with E-state index < -0.39 is 0 Å². The number of nitrogens with one attached hydrogen (secondary N) is 1. The number of carbonyl (C=O) groups is 1. The summed E-state index contributed by atoms with van der Waals surface area (Å²) in [5.74, 6) is 0.157. The van der Waals surface area contributed by atoms with Crippen molar-refractivity contribution >= 4 is 34.9 Å². The van der Waals surface area contributed by atoms with E-state index in [4.69, 9.17) is 23.2 Å². The van der Waals surface area contributed by atoms with Crippen LogP contribution in [0.3, 0.4) is 0 Å². The molecule has 0 unspecified atom stereocenters. The van der Waals surface area contributed by atoms with E-state index in [9.17, 15) is 4.79 Å². The first-order valence-electron chi connectivity index (χ1n) is 7.80. The Labute approximate surface area is 155 Å². The standard InChI is InChI=1S/C17H17Cl2N5O/c1-3-23-8-7-15(21-23)17(25)20-16-9-11(2)24(22-16)10-12-13(18)5-4-6-14(12)19/h4-9H,3,10H2,1-2H3,(H,20,22,25). The van der Waals surface area contributed by atoms with Crippen molar-refractivity contribution in [3.63, 3.8) is 0 Å². The van der Waals surface area contributed by atoms with Crippen LogP contribution in [-0.2, 0) is 13.1 Å². The Morgan fingerprint density at radius 3 is 2.56 bits per heavy atom. The predicted molar refractivity (Wildman–Crippen MR) is 98.4 cm³/mol. The lowest BCUT2D eigenvalue weighted by atomic mass is 10.2. The van der Waals surface area contributed by atoms with Crippen molar-refractivity contribution in [1.82, 2.24) is 19.6 Å². The van der Waals surface area contributed by atoms with Gasteiger partial charge in [-0.15, -0.1) is 0 Å². The number of aryl methyl sites for hydroxylation is 2. The van der Waals surface area contributed by atoms with Gasteiger partial charge in [0.25, 0.3) is 5.91 Å². The van der Waals surface area contributed by atoms with Crippen molar-refractivity contribution in [2.45, 2.75) is 26.9 Å². The normalized spacial score (nSPS) is 10.9. The molecule has 0 bridgehead atoms. The quantitative estimate of drug-likeness (QED) is 0.730. The second-order valence-electron chi connectivity index (χ2n) is 5.54. The zero-order valence-corrected chi connectivity index (χ0v) is 15.3. The minimum Gasteiger partial charge on any atom is -0.304 e. The molecule has 0 aliphatic rings. The van der Waals surface area contributed by atoms with E-state index in [1.165, 1.54) is 0 Å². The molecule has 0 radical (unpaired) electrons. The Hall–Kier alpha value is -2.31. The molecule has 0 fully saturated rings. The lowest BCUT2D eigenvalue weighted by Gasteiger charge is -2.08. The smallest absolute Gasteiger partial charge is 0.277 e. The van der Waals surface area contributed by atoms with Crippen LogP contribution in [0.25, 0.3) is 0 Å². The van der Waals surface area contributed by atoms with Gasteiger partial charge in [-0.1, -0.05) is 29.3 Å². The highest BCUT2D eigenvalue weighted by Crippen LogP contribution is 2.25. The minimum absolute atomic E-state index is 0.298. The molecule has 25 heavy (non-hydrogen) atoms. The predicted octanol–water partition coefficient (Wildman–Crippen LogP) is 4.02. The van der Waals surface area contributed by atoms with Gasteiger partial charge in [0.15, 0.2) is 11.5 Å². The average Bonchev–Trinajstić information content (AvgIpc) is 3.18. The fraction of sp³-hybridized carbons (Fsp3) is 0.235. The third-order valence-corrected chi connectivity index (χ3v) is 4.50. The van der Waals surface area contributed by atoms with Crippen LogP contribution >= 0.6 is 23.2 Å². The summed E-state index contributed by atoms with van der Waals surface area (Å²) in [7, 11) is 0. The summed E-state index contributed by atoms with van der Waals surface area (Å²) in [6.07, 6.45) is 1.76. The molecule has 1 N–H and O–H groups in total. The first-order chi connectivity index (χ1) is 12.0. The average molecular weight is 378 g/mol. The number of rotatable bonds is 5. The monoisotopic (exact) mass is 377 g/mol. The number of halogens is 2. The van der Waals surface area contributed by atoms with Gasteiger partial charge in [0.1, 0.15) is 0 Å².